The predicted molar refractivity (Wildman–Crippen MR) is 104 cm³/mol. The van der Waals surface area contributed by atoms with Crippen molar-refractivity contribution in [2.75, 3.05) is 32.7 Å². The van der Waals surface area contributed by atoms with Gasteiger partial charge in [-0.3, -0.25) is 4.90 Å². The largest absolute Gasteiger partial charge is 0.362 e. The van der Waals surface area contributed by atoms with E-state index in [9.17, 15) is 0 Å². The molecule has 1 aromatic rings. The zero-order valence-electron chi connectivity index (χ0n) is 15.3. The van der Waals surface area contributed by atoms with Crippen molar-refractivity contribution in [3.63, 3.8) is 0 Å². The van der Waals surface area contributed by atoms with Crippen LogP contribution in [0.2, 0.25) is 0 Å². The molecule has 1 aromatic heterocycles. The summed E-state index contributed by atoms with van der Waals surface area (Å²) in [5.74, 6) is 0.880. The Kier molecular flexibility index (Phi) is 6.87. The molecule has 0 unspecified atom stereocenters. The molecule has 1 saturated heterocycles. The Morgan fingerprint density at radius 1 is 1.24 bits per heavy atom. The number of hydrogen-bond acceptors (Lipinski definition) is 4. The molecular weight excluding hydrogens is 332 g/mol. The number of allylic oxidation sites excluding steroid dienone is 1. The molecule has 0 bridgehead atoms. The highest BCUT2D eigenvalue weighted by Gasteiger charge is 2.18. The van der Waals surface area contributed by atoms with Crippen LogP contribution in [0.15, 0.2) is 22.2 Å². The highest BCUT2D eigenvalue weighted by atomic mass is 32.1. The minimum absolute atomic E-state index is 0.861. The maximum atomic E-state index is 5.62. The second-order valence-corrected chi connectivity index (χ2v) is 7.52. The van der Waals surface area contributed by atoms with Crippen LogP contribution in [0.25, 0.3) is 0 Å². The number of rotatable bonds is 5. The fourth-order valence-corrected chi connectivity index (χ4v) is 3.91. The Hall–Kier alpha value is -1.40. The summed E-state index contributed by atoms with van der Waals surface area (Å²) in [6.45, 7) is 7.86. The molecule has 1 aliphatic heterocycles. The van der Waals surface area contributed by atoms with E-state index in [4.69, 9.17) is 16.7 Å². The van der Waals surface area contributed by atoms with E-state index in [-0.39, 0.29) is 0 Å². The van der Waals surface area contributed by atoms with E-state index in [1.807, 2.05) is 13.0 Å². The number of hydrogen-bond donors (Lipinski definition) is 1. The molecule has 0 amide bonds. The van der Waals surface area contributed by atoms with Crippen molar-refractivity contribution in [2.24, 2.45) is 0 Å². The smallest absolute Gasteiger partial charge is 0.168 e. The Bertz CT molecular complexity index is 598. The Morgan fingerprint density at radius 2 is 2.16 bits per heavy atom. The van der Waals surface area contributed by atoms with E-state index in [0.29, 0.717) is 0 Å². The maximum absolute atomic E-state index is 5.62. The first-order valence-electron chi connectivity index (χ1n) is 9.56. The van der Waals surface area contributed by atoms with Crippen LogP contribution in [0.3, 0.4) is 0 Å². The fourth-order valence-electron chi connectivity index (χ4n) is 3.63. The summed E-state index contributed by atoms with van der Waals surface area (Å²) in [5.41, 5.74) is 2.62. The van der Waals surface area contributed by atoms with E-state index >= 15 is 0 Å². The third-order valence-electron chi connectivity index (χ3n) is 5.05. The summed E-state index contributed by atoms with van der Waals surface area (Å²) in [7, 11) is 0. The van der Waals surface area contributed by atoms with Crippen LogP contribution < -0.4 is 5.32 Å². The predicted octanol–water partition coefficient (Wildman–Crippen LogP) is 3.26. The van der Waals surface area contributed by atoms with Crippen molar-refractivity contribution in [3.8, 4) is 0 Å². The van der Waals surface area contributed by atoms with Crippen molar-refractivity contribution in [1.82, 2.24) is 20.3 Å². The van der Waals surface area contributed by atoms with Crippen LogP contribution in [0, 0.1) is 6.92 Å². The average Bonchev–Trinajstić information content (AvgIpc) is 2.89. The SMILES string of the molecule is Cc1cc(CN2CCCN(C(=S)NCCC3=CCCCC3)CC2)no1. The molecule has 2 heterocycles. The van der Waals surface area contributed by atoms with Gasteiger partial charge in [0, 0.05) is 45.3 Å². The summed E-state index contributed by atoms with van der Waals surface area (Å²) in [6.07, 6.45) is 9.91. The van der Waals surface area contributed by atoms with Gasteiger partial charge in [0.25, 0.3) is 0 Å². The molecule has 138 valence electrons. The van der Waals surface area contributed by atoms with E-state index in [1.54, 1.807) is 5.57 Å². The maximum Gasteiger partial charge on any atom is 0.168 e. The average molecular weight is 363 g/mol. The first kappa shape index (κ1) is 18.4. The molecule has 0 aromatic carbocycles. The van der Waals surface area contributed by atoms with Crippen molar-refractivity contribution >= 4 is 17.3 Å². The summed E-state index contributed by atoms with van der Waals surface area (Å²) in [5, 5.41) is 8.48. The summed E-state index contributed by atoms with van der Waals surface area (Å²) >= 11 is 5.62. The molecule has 1 aliphatic carbocycles. The Morgan fingerprint density at radius 3 is 2.92 bits per heavy atom. The second kappa shape index (κ2) is 9.34. The van der Waals surface area contributed by atoms with Gasteiger partial charge in [-0.05, 0) is 57.7 Å². The van der Waals surface area contributed by atoms with Crippen molar-refractivity contribution in [2.45, 2.75) is 52.0 Å². The lowest BCUT2D eigenvalue weighted by atomic mass is 9.97. The number of aryl methyl sites for hydroxylation is 1. The van der Waals surface area contributed by atoms with E-state index in [2.05, 4.69) is 26.3 Å². The molecule has 0 spiro atoms. The van der Waals surface area contributed by atoms with E-state index < -0.39 is 0 Å². The normalized spacial score (nSPS) is 19.4. The van der Waals surface area contributed by atoms with Gasteiger partial charge in [-0.15, -0.1) is 0 Å². The third kappa shape index (κ3) is 5.82. The summed E-state index contributed by atoms with van der Waals surface area (Å²) in [6, 6.07) is 2.02. The van der Waals surface area contributed by atoms with Gasteiger partial charge in [0.1, 0.15) is 5.76 Å². The zero-order valence-corrected chi connectivity index (χ0v) is 16.1. The summed E-state index contributed by atoms with van der Waals surface area (Å²) in [4.78, 5) is 4.76. The molecular formula is C19H30N4OS. The topological polar surface area (TPSA) is 44.5 Å². The number of aromatic nitrogens is 1. The zero-order chi connectivity index (χ0) is 17.5. The van der Waals surface area contributed by atoms with Crippen molar-refractivity contribution in [3.05, 3.63) is 29.2 Å². The molecule has 0 atom stereocenters. The first-order valence-corrected chi connectivity index (χ1v) is 9.97. The first-order chi connectivity index (χ1) is 12.2. The van der Waals surface area contributed by atoms with Crippen LogP contribution in [-0.4, -0.2) is 52.8 Å². The molecule has 6 heteroatoms. The van der Waals surface area contributed by atoms with Crippen LogP contribution >= 0.6 is 12.2 Å². The number of nitrogens with zero attached hydrogens (tertiary/aromatic N) is 3. The second-order valence-electron chi connectivity index (χ2n) is 7.14. The molecule has 5 nitrogen and oxygen atoms in total. The van der Waals surface area contributed by atoms with Crippen LogP contribution in [0.5, 0.6) is 0 Å². The monoisotopic (exact) mass is 362 g/mol. The molecule has 1 fully saturated rings. The van der Waals surface area contributed by atoms with Gasteiger partial charge in [-0.25, -0.2) is 0 Å². The van der Waals surface area contributed by atoms with Gasteiger partial charge < -0.3 is 14.7 Å². The van der Waals surface area contributed by atoms with Crippen molar-refractivity contribution in [1.29, 1.82) is 0 Å². The molecule has 1 N–H and O–H groups in total. The third-order valence-corrected chi connectivity index (χ3v) is 5.45. The van der Waals surface area contributed by atoms with Crippen molar-refractivity contribution < 1.29 is 4.52 Å². The van der Waals surface area contributed by atoms with Crippen LogP contribution in [0.4, 0.5) is 0 Å². The quantitative estimate of drug-likeness (QED) is 0.641. The standard InChI is InChI=1S/C19H30N4OS/c1-16-14-18(21-24-16)15-22-10-5-11-23(13-12-22)19(25)20-9-8-17-6-3-2-4-7-17/h6,14H,2-5,7-13,15H2,1H3,(H,20,25). The molecule has 25 heavy (non-hydrogen) atoms. The van der Waals surface area contributed by atoms with Crippen LogP contribution in [-0.2, 0) is 6.54 Å². The van der Waals surface area contributed by atoms with Gasteiger partial charge in [-0.2, -0.15) is 0 Å². The molecule has 2 aliphatic rings. The molecule has 0 saturated carbocycles. The lowest BCUT2D eigenvalue weighted by Crippen LogP contribution is -2.42. The minimum atomic E-state index is 0.861. The van der Waals surface area contributed by atoms with E-state index in [1.165, 1.54) is 25.7 Å². The lowest BCUT2D eigenvalue weighted by molar-refractivity contribution is 0.267. The van der Waals surface area contributed by atoms with Gasteiger partial charge in [-0.1, -0.05) is 16.8 Å². The number of thiocarbonyl (C=S) groups is 1. The van der Waals surface area contributed by atoms with Gasteiger partial charge in [0.05, 0.1) is 5.69 Å². The fraction of sp³-hybridized carbons (Fsp3) is 0.684. The summed E-state index contributed by atoms with van der Waals surface area (Å²) < 4.78 is 5.17. The van der Waals surface area contributed by atoms with Gasteiger partial charge >= 0.3 is 0 Å². The van der Waals surface area contributed by atoms with Gasteiger partial charge in [0.2, 0.25) is 0 Å². The molecule has 3 rings (SSSR count). The molecule has 0 radical (unpaired) electrons. The Balaban J connectivity index is 1.39. The number of nitrogens with one attached hydrogen (secondary N) is 1. The lowest BCUT2D eigenvalue weighted by Gasteiger charge is -2.25. The van der Waals surface area contributed by atoms with E-state index in [0.717, 1.165) is 68.7 Å². The highest BCUT2D eigenvalue weighted by Crippen LogP contribution is 2.19. The van der Waals surface area contributed by atoms with Gasteiger partial charge in [0.15, 0.2) is 5.11 Å². The minimum Gasteiger partial charge on any atom is -0.362 e. The van der Waals surface area contributed by atoms with Crippen LogP contribution in [0.1, 0.15) is 50.0 Å². The Labute approximate surface area is 156 Å². The highest BCUT2D eigenvalue weighted by molar-refractivity contribution is 7.80.